The number of carbonyl (C=O) groups is 1. The number of aromatic nitrogens is 2. The highest BCUT2D eigenvalue weighted by molar-refractivity contribution is 5.92. The number of hydrogen-bond donors (Lipinski definition) is 1. The van der Waals surface area contributed by atoms with Crippen LogP contribution in [-0.2, 0) is 13.6 Å². The van der Waals surface area contributed by atoms with E-state index in [-0.39, 0.29) is 18.6 Å². The molecule has 0 bridgehead atoms. The van der Waals surface area contributed by atoms with Crippen LogP contribution >= 0.6 is 0 Å². The van der Waals surface area contributed by atoms with E-state index in [0.717, 1.165) is 11.3 Å². The zero-order chi connectivity index (χ0) is 16.1. The van der Waals surface area contributed by atoms with Gasteiger partial charge in [-0.25, -0.2) is 0 Å². The summed E-state index contributed by atoms with van der Waals surface area (Å²) >= 11 is 0. The number of carbonyl (C=O) groups excluding carboxylic acids is 1. The lowest BCUT2D eigenvalue weighted by Crippen LogP contribution is -2.39. The van der Waals surface area contributed by atoms with Gasteiger partial charge in [-0.05, 0) is 31.9 Å². The SMILES string of the molecule is Cc1cc(C(=O)N(Cc2ccccc2)C(C)CCO)n(C)n1. The second kappa shape index (κ2) is 7.22. The Hall–Kier alpha value is -2.14. The normalized spacial score (nSPS) is 12.2. The maximum Gasteiger partial charge on any atom is 0.272 e. The van der Waals surface area contributed by atoms with Crippen LogP contribution in [0.2, 0.25) is 0 Å². The predicted octanol–water partition coefficient (Wildman–Crippen LogP) is 2.14. The summed E-state index contributed by atoms with van der Waals surface area (Å²) in [6.45, 7) is 4.41. The minimum absolute atomic E-state index is 0.0482. The van der Waals surface area contributed by atoms with Gasteiger partial charge in [0.15, 0.2) is 0 Å². The summed E-state index contributed by atoms with van der Waals surface area (Å²) in [6.07, 6.45) is 0.551. The number of aryl methyl sites for hydroxylation is 2. The Morgan fingerprint density at radius 2 is 2.05 bits per heavy atom. The van der Waals surface area contributed by atoms with Crippen molar-refractivity contribution in [3.05, 3.63) is 53.3 Å². The van der Waals surface area contributed by atoms with Gasteiger partial charge >= 0.3 is 0 Å². The number of nitrogens with zero attached hydrogens (tertiary/aromatic N) is 3. The molecule has 2 aromatic rings. The molecule has 0 saturated carbocycles. The fourth-order valence-electron chi connectivity index (χ4n) is 2.51. The van der Waals surface area contributed by atoms with Crippen molar-refractivity contribution in [1.29, 1.82) is 0 Å². The number of benzene rings is 1. The van der Waals surface area contributed by atoms with Gasteiger partial charge in [0, 0.05) is 26.2 Å². The van der Waals surface area contributed by atoms with Crippen molar-refractivity contribution < 1.29 is 9.90 Å². The van der Waals surface area contributed by atoms with Crippen LogP contribution < -0.4 is 0 Å². The van der Waals surface area contributed by atoms with Crippen molar-refractivity contribution in [3.8, 4) is 0 Å². The average molecular weight is 301 g/mol. The predicted molar refractivity (Wildman–Crippen MR) is 85.4 cm³/mol. The molecule has 1 aromatic carbocycles. The van der Waals surface area contributed by atoms with Crippen LogP contribution in [0.25, 0.3) is 0 Å². The summed E-state index contributed by atoms with van der Waals surface area (Å²) in [5.41, 5.74) is 2.46. The quantitative estimate of drug-likeness (QED) is 0.889. The molecule has 1 unspecified atom stereocenters. The van der Waals surface area contributed by atoms with Crippen LogP contribution in [0.5, 0.6) is 0 Å². The van der Waals surface area contributed by atoms with Gasteiger partial charge in [0.25, 0.3) is 5.91 Å². The van der Waals surface area contributed by atoms with Crippen LogP contribution in [0.4, 0.5) is 0 Å². The maximum atomic E-state index is 12.9. The molecule has 1 aromatic heterocycles. The van der Waals surface area contributed by atoms with Crippen LogP contribution in [0.15, 0.2) is 36.4 Å². The molecule has 0 radical (unpaired) electrons. The third-order valence-electron chi connectivity index (χ3n) is 3.76. The smallest absolute Gasteiger partial charge is 0.272 e. The molecule has 2 rings (SSSR count). The molecule has 0 aliphatic rings. The number of aliphatic hydroxyl groups excluding tert-OH is 1. The Morgan fingerprint density at radius 1 is 1.36 bits per heavy atom. The van der Waals surface area contributed by atoms with Crippen LogP contribution in [0, 0.1) is 6.92 Å². The molecular weight excluding hydrogens is 278 g/mol. The topological polar surface area (TPSA) is 58.4 Å². The fourth-order valence-corrected chi connectivity index (χ4v) is 2.51. The van der Waals surface area contributed by atoms with E-state index in [0.29, 0.717) is 18.7 Å². The number of hydrogen-bond acceptors (Lipinski definition) is 3. The summed E-state index contributed by atoms with van der Waals surface area (Å²) in [7, 11) is 1.78. The Bertz CT molecular complexity index is 622. The summed E-state index contributed by atoms with van der Waals surface area (Å²) < 4.78 is 1.61. The van der Waals surface area contributed by atoms with Gasteiger partial charge < -0.3 is 10.0 Å². The first-order valence-corrected chi connectivity index (χ1v) is 7.49. The summed E-state index contributed by atoms with van der Waals surface area (Å²) in [5, 5.41) is 13.5. The van der Waals surface area contributed by atoms with Crippen molar-refractivity contribution in [2.75, 3.05) is 6.61 Å². The number of aliphatic hydroxyl groups is 1. The first kappa shape index (κ1) is 16.2. The molecule has 1 N–H and O–H groups in total. The minimum Gasteiger partial charge on any atom is -0.396 e. The Morgan fingerprint density at radius 3 is 2.59 bits per heavy atom. The zero-order valence-corrected chi connectivity index (χ0v) is 13.4. The van der Waals surface area contributed by atoms with Crippen molar-refractivity contribution in [2.24, 2.45) is 7.05 Å². The molecule has 5 nitrogen and oxygen atoms in total. The Kier molecular flexibility index (Phi) is 5.33. The third-order valence-corrected chi connectivity index (χ3v) is 3.76. The van der Waals surface area contributed by atoms with Crippen molar-refractivity contribution in [1.82, 2.24) is 14.7 Å². The van der Waals surface area contributed by atoms with Gasteiger partial charge in [-0.1, -0.05) is 30.3 Å². The minimum atomic E-state index is -0.0621. The number of amides is 1. The van der Waals surface area contributed by atoms with E-state index < -0.39 is 0 Å². The lowest BCUT2D eigenvalue weighted by atomic mass is 10.1. The zero-order valence-electron chi connectivity index (χ0n) is 13.4. The summed E-state index contributed by atoms with van der Waals surface area (Å²) in [6, 6.07) is 11.6. The largest absolute Gasteiger partial charge is 0.396 e. The third kappa shape index (κ3) is 3.74. The second-order valence-electron chi connectivity index (χ2n) is 5.57. The molecule has 0 aliphatic carbocycles. The van der Waals surface area contributed by atoms with Crippen LogP contribution in [0.1, 0.15) is 35.1 Å². The first-order valence-electron chi connectivity index (χ1n) is 7.49. The highest BCUT2D eigenvalue weighted by atomic mass is 16.3. The van der Waals surface area contributed by atoms with E-state index in [4.69, 9.17) is 0 Å². The van der Waals surface area contributed by atoms with E-state index in [1.165, 1.54) is 0 Å². The molecule has 0 aliphatic heterocycles. The van der Waals surface area contributed by atoms with Gasteiger partial charge in [-0.15, -0.1) is 0 Å². The van der Waals surface area contributed by atoms with E-state index in [1.807, 2.05) is 44.2 Å². The maximum absolute atomic E-state index is 12.9. The molecule has 1 heterocycles. The van der Waals surface area contributed by atoms with Crippen LogP contribution in [-0.4, -0.2) is 38.3 Å². The second-order valence-corrected chi connectivity index (χ2v) is 5.57. The summed E-state index contributed by atoms with van der Waals surface area (Å²) in [5.74, 6) is -0.0621. The van der Waals surface area contributed by atoms with Gasteiger partial charge in [0.1, 0.15) is 5.69 Å². The molecule has 22 heavy (non-hydrogen) atoms. The van der Waals surface area contributed by atoms with Crippen molar-refractivity contribution in [3.63, 3.8) is 0 Å². The first-order chi connectivity index (χ1) is 10.5. The lowest BCUT2D eigenvalue weighted by molar-refractivity contribution is 0.0637. The molecule has 0 spiro atoms. The van der Waals surface area contributed by atoms with E-state index in [9.17, 15) is 9.90 Å². The Balaban J connectivity index is 2.27. The van der Waals surface area contributed by atoms with Crippen molar-refractivity contribution >= 4 is 5.91 Å². The molecule has 0 fully saturated rings. The van der Waals surface area contributed by atoms with E-state index in [2.05, 4.69) is 5.10 Å². The van der Waals surface area contributed by atoms with E-state index >= 15 is 0 Å². The highest BCUT2D eigenvalue weighted by Crippen LogP contribution is 2.15. The van der Waals surface area contributed by atoms with Gasteiger partial charge in [-0.3, -0.25) is 9.48 Å². The Labute approximate surface area is 131 Å². The van der Waals surface area contributed by atoms with Crippen LogP contribution in [0.3, 0.4) is 0 Å². The summed E-state index contributed by atoms with van der Waals surface area (Å²) in [4.78, 5) is 14.7. The highest BCUT2D eigenvalue weighted by Gasteiger charge is 2.24. The molecular formula is C17H23N3O2. The fraction of sp³-hybridized carbons (Fsp3) is 0.412. The monoisotopic (exact) mass is 301 g/mol. The molecule has 0 saturated heterocycles. The molecule has 5 heteroatoms. The van der Waals surface area contributed by atoms with E-state index in [1.54, 1.807) is 22.7 Å². The van der Waals surface area contributed by atoms with Gasteiger partial charge in [0.2, 0.25) is 0 Å². The van der Waals surface area contributed by atoms with Gasteiger partial charge in [-0.2, -0.15) is 5.10 Å². The average Bonchev–Trinajstić information content (AvgIpc) is 2.84. The van der Waals surface area contributed by atoms with Gasteiger partial charge in [0.05, 0.1) is 5.69 Å². The molecule has 1 atom stereocenters. The standard InChI is InChI=1S/C17H23N3O2/c1-13-11-16(19(3)18-13)17(22)20(14(2)9-10-21)12-15-7-5-4-6-8-15/h4-8,11,14,21H,9-10,12H2,1-3H3. The number of rotatable bonds is 6. The lowest BCUT2D eigenvalue weighted by Gasteiger charge is -2.29. The molecule has 118 valence electrons. The van der Waals surface area contributed by atoms with Crippen molar-refractivity contribution in [2.45, 2.75) is 32.9 Å². The molecule has 1 amide bonds.